The summed E-state index contributed by atoms with van der Waals surface area (Å²) in [6, 6.07) is 56.7. The minimum absolute atomic E-state index is 0.0624. The summed E-state index contributed by atoms with van der Waals surface area (Å²) in [6.45, 7) is 1.42. The first kappa shape index (κ1) is 55.8. The Labute approximate surface area is 492 Å². The van der Waals surface area contributed by atoms with Crippen molar-refractivity contribution in [3.63, 3.8) is 0 Å². The highest BCUT2D eigenvalue weighted by atomic mass is 32.2. The maximum absolute atomic E-state index is 15.0. The average molecular weight is 1160 g/mol. The summed E-state index contributed by atoms with van der Waals surface area (Å²) in [4.78, 5) is 75.4. The number of esters is 2. The standard InChI is InChI=1S/C64H56N8O8S3/c1-41(60(75)79-56(43-20-10-5-11-21-43)44-22-12-6-13-23-44)80-69-53(51-40-82-62(65-51)68-64(46-24-14-7-15-25-46,47-26-16-8-17-27-47)48-28-18-9-19-29-48)57(73)67-54-58(74)72-55(61(76)78-37-42-30-32-49(77-4)33-31-42)45(38-81-59(54)72)39-83-63-66-50-36-70(2)35-34-52(50)71(63)3/h5-36,40-41,54,56,59H,37-39H2,1-4H3,(H-,65,67,68,73)/p+1/b69-53-/t41-,54?,59+/m0/s1. The summed E-state index contributed by atoms with van der Waals surface area (Å²) in [5.41, 5.74) is 6.36. The molecule has 11 rings (SSSR count). The van der Waals surface area contributed by atoms with Crippen LogP contribution < -0.4 is 19.9 Å². The molecule has 1 fully saturated rings. The molecule has 5 heterocycles. The number of fused-ring (bicyclic) bond motifs is 2. The monoisotopic (exact) mass is 1160 g/mol. The largest absolute Gasteiger partial charge is 0.497 e. The molecule has 19 heteroatoms. The fourth-order valence-electron chi connectivity index (χ4n) is 10.00. The summed E-state index contributed by atoms with van der Waals surface area (Å²) in [5, 5.41) is 13.2. The zero-order valence-electron chi connectivity index (χ0n) is 45.7. The van der Waals surface area contributed by atoms with Crippen molar-refractivity contribution >= 4 is 80.5 Å². The van der Waals surface area contributed by atoms with E-state index in [4.69, 9.17) is 29.0 Å². The lowest BCUT2D eigenvalue weighted by Gasteiger charge is -2.49. The highest BCUT2D eigenvalue weighted by molar-refractivity contribution is 8.01. The van der Waals surface area contributed by atoms with Crippen LogP contribution in [0.4, 0.5) is 5.13 Å². The predicted molar refractivity (Wildman–Crippen MR) is 320 cm³/mol. The number of carbonyl (C=O) groups excluding carboxylic acids is 4. The van der Waals surface area contributed by atoms with Gasteiger partial charge in [0, 0.05) is 30.0 Å². The highest BCUT2D eigenvalue weighted by Crippen LogP contribution is 2.44. The number of aryl methyl sites for hydroxylation is 2. The van der Waals surface area contributed by atoms with Gasteiger partial charge in [-0.15, -0.1) is 23.1 Å². The van der Waals surface area contributed by atoms with Gasteiger partial charge in [-0.05, 0) is 58.0 Å². The van der Waals surface area contributed by atoms with Crippen molar-refractivity contribution in [2.24, 2.45) is 19.3 Å². The van der Waals surface area contributed by atoms with Crippen LogP contribution in [-0.4, -0.2) is 85.0 Å². The fourth-order valence-corrected chi connectivity index (χ4v) is 13.2. The first-order valence-electron chi connectivity index (χ1n) is 26.7. The molecule has 9 aromatic rings. The van der Waals surface area contributed by atoms with Gasteiger partial charge < -0.3 is 34.2 Å². The Balaban J connectivity index is 0.901. The van der Waals surface area contributed by atoms with E-state index in [1.165, 1.54) is 46.7 Å². The number of nitrogens with zero attached hydrogens (tertiary/aromatic N) is 6. The Bertz CT molecular complexity index is 3710. The molecule has 3 aromatic heterocycles. The van der Waals surface area contributed by atoms with E-state index in [9.17, 15) is 14.4 Å². The molecule has 83 heavy (non-hydrogen) atoms. The topological polar surface area (TPSA) is 179 Å². The molecular weight excluding hydrogens is 1100 g/mol. The Kier molecular flexibility index (Phi) is 16.8. The molecular formula is C64H57N8O8S3+. The lowest BCUT2D eigenvalue weighted by Crippen LogP contribution is -2.71. The number of thiazole rings is 1. The van der Waals surface area contributed by atoms with Crippen molar-refractivity contribution in [1.82, 2.24) is 24.8 Å². The number of thioether (sulfide) groups is 2. The van der Waals surface area contributed by atoms with Crippen LogP contribution in [0.2, 0.25) is 0 Å². The van der Waals surface area contributed by atoms with E-state index in [0.29, 0.717) is 28.0 Å². The van der Waals surface area contributed by atoms with Crippen molar-refractivity contribution in [3.05, 3.63) is 250 Å². The second-order valence-electron chi connectivity index (χ2n) is 19.7. The minimum Gasteiger partial charge on any atom is -0.497 e. The summed E-state index contributed by atoms with van der Waals surface area (Å²) in [5.74, 6) is -1.46. The van der Waals surface area contributed by atoms with Gasteiger partial charge in [-0.25, -0.2) is 24.1 Å². The third kappa shape index (κ3) is 11.9. The number of nitrogens with one attached hydrogen (secondary N) is 2. The number of pyridine rings is 1. The molecule has 2 aliphatic rings. The zero-order chi connectivity index (χ0) is 57.5. The predicted octanol–water partition coefficient (Wildman–Crippen LogP) is 9.90. The third-order valence-corrected chi connectivity index (χ3v) is 17.5. The number of amides is 2. The van der Waals surface area contributed by atoms with Crippen molar-refractivity contribution in [3.8, 4) is 5.75 Å². The third-order valence-electron chi connectivity index (χ3n) is 14.3. The molecule has 0 radical (unpaired) electrons. The van der Waals surface area contributed by atoms with Crippen LogP contribution in [0.15, 0.2) is 221 Å². The molecule has 3 atom stereocenters. The molecule has 1 unspecified atom stereocenters. The van der Waals surface area contributed by atoms with Crippen LogP contribution in [0.3, 0.4) is 0 Å². The van der Waals surface area contributed by atoms with Crippen LogP contribution in [0.1, 0.15) is 52.1 Å². The number of β-lactam (4-membered cyclic amide) rings is 1. The van der Waals surface area contributed by atoms with E-state index in [1.807, 2.05) is 193 Å². The number of imidazole rings is 1. The summed E-state index contributed by atoms with van der Waals surface area (Å²) < 4.78 is 21.3. The summed E-state index contributed by atoms with van der Waals surface area (Å²) >= 11 is 4.09. The second-order valence-corrected chi connectivity index (χ2v) is 22.6. The number of methoxy groups -OCH3 is 1. The Hall–Kier alpha value is -9.04. The van der Waals surface area contributed by atoms with Crippen molar-refractivity contribution in [2.45, 2.75) is 47.8 Å². The summed E-state index contributed by atoms with van der Waals surface area (Å²) in [6.07, 6.45) is 1.81. The highest BCUT2D eigenvalue weighted by Gasteiger charge is 2.55. The summed E-state index contributed by atoms with van der Waals surface area (Å²) in [7, 11) is 5.44. The van der Waals surface area contributed by atoms with Gasteiger partial charge in [-0.1, -0.05) is 181 Å². The molecule has 0 saturated carbocycles. The molecule has 6 aromatic carbocycles. The number of hydrogen-bond acceptors (Lipinski definition) is 15. The van der Waals surface area contributed by atoms with Crippen molar-refractivity contribution in [2.75, 3.05) is 23.9 Å². The number of aromatic nitrogens is 4. The Morgan fingerprint density at radius 3 is 1.99 bits per heavy atom. The van der Waals surface area contributed by atoms with Crippen LogP contribution in [-0.2, 0) is 59.7 Å². The van der Waals surface area contributed by atoms with Gasteiger partial charge in [0.2, 0.25) is 6.10 Å². The van der Waals surface area contributed by atoms with E-state index in [0.717, 1.165) is 49.6 Å². The van der Waals surface area contributed by atoms with E-state index in [1.54, 1.807) is 36.8 Å². The fraction of sp³-hybridized carbons (Fsp3) is 0.188. The number of benzene rings is 6. The molecule has 0 aliphatic carbocycles. The van der Waals surface area contributed by atoms with Gasteiger partial charge in [0.1, 0.15) is 47.7 Å². The maximum atomic E-state index is 15.0. The first-order chi connectivity index (χ1) is 40.5. The van der Waals surface area contributed by atoms with Crippen molar-refractivity contribution in [1.29, 1.82) is 0 Å². The van der Waals surface area contributed by atoms with Gasteiger partial charge in [-0.2, -0.15) is 0 Å². The molecule has 0 bridgehead atoms. The molecule has 2 N–H and O–H groups in total. The van der Waals surface area contributed by atoms with E-state index in [2.05, 4.69) is 15.8 Å². The molecule has 0 spiro atoms. The van der Waals surface area contributed by atoms with Crippen LogP contribution in [0.5, 0.6) is 5.75 Å². The maximum Gasteiger partial charge on any atom is 0.355 e. The molecule has 2 aliphatic heterocycles. The molecule has 2 amide bonds. The Morgan fingerprint density at radius 2 is 1.40 bits per heavy atom. The molecule has 16 nitrogen and oxygen atoms in total. The van der Waals surface area contributed by atoms with Gasteiger partial charge in [0.15, 0.2) is 40.0 Å². The van der Waals surface area contributed by atoms with Gasteiger partial charge in [0.25, 0.3) is 11.8 Å². The Morgan fingerprint density at radius 1 is 0.807 bits per heavy atom. The lowest BCUT2D eigenvalue weighted by molar-refractivity contribution is -0.670. The van der Waals surface area contributed by atoms with Crippen molar-refractivity contribution < 1.29 is 42.8 Å². The number of rotatable bonds is 21. The number of hydrogen-bond donors (Lipinski definition) is 2. The first-order valence-corrected chi connectivity index (χ1v) is 29.6. The van der Waals surface area contributed by atoms with Gasteiger partial charge in [0.05, 0.1) is 12.6 Å². The number of oxime groups is 1. The zero-order valence-corrected chi connectivity index (χ0v) is 48.1. The minimum atomic E-state index is -1.32. The van der Waals surface area contributed by atoms with Crippen LogP contribution >= 0.6 is 34.9 Å². The number of ether oxygens (including phenoxy) is 3. The molecule has 418 valence electrons. The van der Waals surface area contributed by atoms with E-state index in [-0.39, 0.29) is 23.7 Å². The quantitative estimate of drug-likeness (QED) is 0.0132. The number of anilines is 1. The normalized spacial score (nSPS) is 15.5. The lowest BCUT2D eigenvalue weighted by atomic mass is 9.77. The van der Waals surface area contributed by atoms with E-state index >= 15 is 4.79 Å². The van der Waals surface area contributed by atoms with Gasteiger partial charge in [-0.3, -0.25) is 14.5 Å². The average Bonchev–Trinajstić information content (AvgIpc) is 3.05. The van der Waals surface area contributed by atoms with Crippen LogP contribution in [0, 0.1) is 0 Å². The molecule has 1 saturated heterocycles. The number of carbonyl (C=O) groups is 4. The smallest absolute Gasteiger partial charge is 0.355 e. The van der Waals surface area contributed by atoms with E-state index < -0.39 is 52.9 Å². The second kappa shape index (κ2) is 25.0. The van der Waals surface area contributed by atoms with Crippen LogP contribution in [0.25, 0.3) is 11.0 Å². The van der Waals surface area contributed by atoms with Gasteiger partial charge >= 0.3 is 11.9 Å². The SMILES string of the molecule is COc1ccc(COC(=O)C2=C(CSc3nc4c[n+](C)ccc4n3C)CS[C@@H]3C(NC(=O)/C(=N\O[C@@H](C)C(=O)OC(c4ccccc4)c4ccccc4)c4csc(NC(c5ccccc5)(c5ccccc5)c5ccccc5)n4)C(=O)N23)cc1.